The minimum Gasteiger partial charge on any atom is -0.493 e. The molecule has 2 aliphatic heterocycles. The highest BCUT2D eigenvalue weighted by molar-refractivity contribution is 5.90. The van der Waals surface area contributed by atoms with E-state index in [0.29, 0.717) is 0 Å². The van der Waals surface area contributed by atoms with Gasteiger partial charge in [0, 0.05) is 22.1 Å². The zero-order valence-corrected chi connectivity index (χ0v) is 12.6. The van der Waals surface area contributed by atoms with E-state index in [1.807, 2.05) is 0 Å². The Morgan fingerprint density at radius 3 is 3.30 bits per heavy atom. The molecule has 0 aromatic heterocycles. The van der Waals surface area contributed by atoms with Gasteiger partial charge >= 0.3 is 0 Å². The number of ketones is 1. The molecular formula is C18H21NO4. The zero-order valence-electron chi connectivity index (χ0n) is 20.6. The number of methoxy groups -OCH3 is 1. The van der Waals surface area contributed by atoms with Crippen LogP contribution >= 0.6 is 0 Å². The summed E-state index contributed by atoms with van der Waals surface area (Å²) in [5, 5.41) is 5.26. The van der Waals surface area contributed by atoms with Gasteiger partial charge in [0.15, 0.2) is 23.4 Å². The Morgan fingerprint density at radius 2 is 2.52 bits per heavy atom. The van der Waals surface area contributed by atoms with Crippen LogP contribution in [0.3, 0.4) is 0 Å². The van der Waals surface area contributed by atoms with Crippen LogP contribution in [0.2, 0.25) is 0 Å². The third kappa shape index (κ3) is 1.32. The lowest BCUT2D eigenvalue weighted by Crippen LogP contribution is -2.76. The van der Waals surface area contributed by atoms with Crippen LogP contribution in [0.25, 0.3) is 0 Å². The van der Waals surface area contributed by atoms with Crippen LogP contribution < -0.4 is 9.47 Å². The van der Waals surface area contributed by atoms with E-state index < -0.39 is 35.9 Å². The molecule has 1 saturated carbocycles. The SMILES string of the molecule is [2H]O[C@@]12CCC(=O)C3([2H])Oc4c(OC)c([2H])c([2H])c5c4[C@@]31CCN(C([2H])([2H])[2H])[C@]2([2H])C5. The van der Waals surface area contributed by atoms with Crippen molar-refractivity contribution in [3.05, 3.63) is 23.2 Å². The lowest BCUT2D eigenvalue weighted by Gasteiger charge is -2.62. The molecule has 4 aliphatic rings. The summed E-state index contributed by atoms with van der Waals surface area (Å²) in [4.78, 5) is 14.1. The van der Waals surface area contributed by atoms with Crippen molar-refractivity contribution in [3.63, 3.8) is 0 Å². The van der Waals surface area contributed by atoms with E-state index in [1.165, 1.54) is 7.11 Å². The van der Waals surface area contributed by atoms with Crippen LogP contribution in [0.5, 0.6) is 11.5 Å². The topological polar surface area (TPSA) is 59.0 Å². The predicted molar refractivity (Wildman–Crippen MR) is 83.0 cm³/mol. The van der Waals surface area contributed by atoms with Gasteiger partial charge in [-0.25, -0.2) is 0 Å². The zero-order chi connectivity index (χ0) is 22.8. The van der Waals surface area contributed by atoms with E-state index in [4.69, 9.17) is 24.2 Å². The van der Waals surface area contributed by atoms with Gasteiger partial charge in [-0.2, -0.15) is 0 Å². The van der Waals surface area contributed by atoms with Crippen molar-refractivity contribution in [2.24, 2.45) is 0 Å². The Labute approximate surface area is 146 Å². The van der Waals surface area contributed by atoms with Crippen molar-refractivity contribution in [3.8, 4) is 11.5 Å². The van der Waals surface area contributed by atoms with Gasteiger partial charge in [0.2, 0.25) is 1.43 Å². The molecule has 0 amide bonds. The summed E-state index contributed by atoms with van der Waals surface area (Å²) in [6.45, 7) is -2.86. The molecule has 1 spiro atoms. The van der Waals surface area contributed by atoms with Crippen molar-refractivity contribution in [2.45, 2.75) is 48.8 Å². The Balaban J connectivity index is 1.96. The standard InChI is InChI=1S/C18H21NO4/c1-19-8-7-17-14-10-3-4-12(22-2)15(14)23-16(17)11(20)5-6-18(17,21)13(19)9-10/h3-4,13,16,21H,5-9H2,1-2H3/t13-,16?,17+,18-/m1/s1/i1D3,3D,4D,13D,16D,21D. The van der Waals surface area contributed by atoms with Crippen molar-refractivity contribution in [1.29, 1.82) is 1.43 Å². The van der Waals surface area contributed by atoms with Crippen molar-refractivity contribution >= 4 is 5.78 Å². The predicted octanol–water partition coefficient (Wildman–Crippen LogP) is 1.05. The van der Waals surface area contributed by atoms with E-state index in [-0.39, 0.29) is 66.9 Å². The summed E-state index contributed by atoms with van der Waals surface area (Å²) in [6.07, 6.45) is -3.07. The van der Waals surface area contributed by atoms with Gasteiger partial charge in [-0.3, -0.25) is 4.79 Å². The Bertz CT molecular complexity index is 1030. The fraction of sp³-hybridized carbons (Fsp3) is 0.611. The molecule has 2 fully saturated rings. The molecule has 1 N–H and O–H groups in total. The first-order valence-electron chi connectivity index (χ1n) is 11.6. The molecule has 23 heavy (non-hydrogen) atoms. The van der Waals surface area contributed by atoms with E-state index >= 15 is 0 Å². The summed E-state index contributed by atoms with van der Waals surface area (Å²) in [6, 6.07) is -2.69. The normalized spacial score (nSPS) is 52.5. The van der Waals surface area contributed by atoms with Crippen molar-refractivity contribution in [2.75, 3.05) is 20.6 Å². The molecule has 5 rings (SSSR count). The third-order valence-corrected chi connectivity index (χ3v) is 5.78. The number of rotatable bonds is 2. The first kappa shape index (κ1) is 7.99. The highest BCUT2D eigenvalue weighted by Crippen LogP contribution is 2.64. The molecule has 5 nitrogen and oxygen atoms in total. The van der Waals surface area contributed by atoms with Crippen LogP contribution in [-0.2, 0) is 16.6 Å². The second kappa shape index (κ2) is 4.08. The summed E-state index contributed by atoms with van der Waals surface area (Å²) < 4.78 is 78.7. The molecule has 2 heterocycles. The Morgan fingerprint density at radius 1 is 1.61 bits per heavy atom. The van der Waals surface area contributed by atoms with Gasteiger partial charge < -0.3 is 19.5 Å². The Kier molecular flexibility index (Phi) is 1.42. The number of carbonyl (C=O) groups is 1. The van der Waals surface area contributed by atoms with Gasteiger partial charge in [-0.1, -0.05) is 6.04 Å². The summed E-state index contributed by atoms with van der Waals surface area (Å²) >= 11 is 0. The minimum atomic E-state index is -2.71. The van der Waals surface area contributed by atoms with Crippen LogP contribution in [0.4, 0.5) is 0 Å². The maximum Gasteiger partial charge on any atom is 0.211 e. The third-order valence-electron chi connectivity index (χ3n) is 5.78. The van der Waals surface area contributed by atoms with E-state index in [9.17, 15) is 6.17 Å². The van der Waals surface area contributed by atoms with Crippen molar-refractivity contribution in [1.82, 2.24) is 4.90 Å². The average molecular weight is 323 g/mol. The molecule has 4 atom stereocenters. The molecular weight excluding hydrogens is 294 g/mol. The number of nitrogens with zero attached hydrogens (tertiary/aromatic N) is 1. The van der Waals surface area contributed by atoms with Crippen LogP contribution in [0.15, 0.2) is 12.1 Å². The number of hydrogen-bond donors (Lipinski definition) is 1. The average Bonchev–Trinajstić information content (AvgIpc) is 2.95. The van der Waals surface area contributed by atoms with E-state index in [1.54, 1.807) is 0 Å². The molecule has 1 unspecified atom stereocenters. The number of benzene rings is 1. The highest BCUT2D eigenvalue weighted by atomic mass is 16.5. The fourth-order valence-corrected chi connectivity index (χ4v) is 4.80. The molecule has 5 heteroatoms. The quantitative estimate of drug-likeness (QED) is 0.881. The molecule has 2 bridgehead atoms. The van der Waals surface area contributed by atoms with Gasteiger partial charge in [-0.15, -0.1) is 0 Å². The molecule has 1 aromatic rings. The van der Waals surface area contributed by atoms with Crippen LogP contribution in [0, 0.1) is 0 Å². The molecule has 1 saturated heterocycles. The van der Waals surface area contributed by atoms with Crippen LogP contribution in [-0.4, -0.2) is 55.6 Å². The number of hydrogen-bond acceptors (Lipinski definition) is 5. The second-order valence-corrected chi connectivity index (χ2v) is 6.58. The number of aliphatic hydroxyl groups is 1. The number of Topliss-reactive ketones (excluding diaryl/α,β-unsaturated/α-hetero) is 1. The summed E-state index contributed by atoms with van der Waals surface area (Å²) in [7, 11) is 1.29. The molecule has 2 aliphatic carbocycles. The fourth-order valence-electron chi connectivity index (χ4n) is 4.80. The highest BCUT2D eigenvalue weighted by Gasteiger charge is 2.72. The number of likely N-dealkylation sites (tertiary alicyclic amines) is 1. The van der Waals surface area contributed by atoms with Crippen LogP contribution in [0.1, 0.15) is 40.0 Å². The smallest absolute Gasteiger partial charge is 0.211 e. The Hall–Kier alpha value is -1.59. The number of piperidine rings is 1. The first-order valence-corrected chi connectivity index (χ1v) is 7.71. The first-order chi connectivity index (χ1) is 14.4. The van der Waals surface area contributed by atoms with E-state index in [2.05, 4.69) is 0 Å². The monoisotopic (exact) mass is 323 g/mol. The van der Waals surface area contributed by atoms with Gasteiger partial charge in [0.05, 0.1) is 23.6 Å². The number of likely N-dealkylation sites (N-methyl/N-ethyl adjacent to an activating group) is 1. The summed E-state index contributed by atoms with van der Waals surface area (Å²) in [5.74, 6) is -0.690. The maximum atomic E-state index is 13.1. The summed E-state index contributed by atoms with van der Waals surface area (Å²) in [5.41, 5.74) is -3.11. The molecule has 0 radical (unpaired) electrons. The van der Waals surface area contributed by atoms with Crippen molar-refractivity contribution < 1.29 is 29.0 Å². The van der Waals surface area contributed by atoms with Gasteiger partial charge in [-0.05, 0) is 44.4 Å². The maximum absolute atomic E-state index is 13.1. The lowest BCUT2D eigenvalue weighted by molar-refractivity contribution is -0.185. The van der Waals surface area contributed by atoms with Gasteiger partial charge in [0.1, 0.15) is 0 Å². The van der Waals surface area contributed by atoms with Gasteiger partial charge in [0.25, 0.3) is 0 Å². The number of ether oxygens (including phenoxy) is 2. The largest absolute Gasteiger partial charge is 0.493 e. The second-order valence-electron chi connectivity index (χ2n) is 6.58. The molecule has 122 valence electrons. The number of carbonyl (C=O) groups excluding carboxylic acids is 1. The lowest BCUT2D eigenvalue weighted by atomic mass is 9.49. The van der Waals surface area contributed by atoms with E-state index in [0.717, 1.165) is 4.90 Å². The molecule has 1 aromatic carbocycles. The minimum absolute atomic E-state index is 0.0189.